The first-order valence-corrected chi connectivity index (χ1v) is 8.42. The molecule has 0 aliphatic carbocycles. The number of unbranched alkanes of at least 4 members (excludes halogenated alkanes) is 3. The van der Waals surface area contributed by atoms with Gasteiger partial charge < -0.3 is 0 Å². The van der Waals surface area contributed by atoms with Crippen molar-refractivity contribution in [3.05, 3.63) is 34.9 Å². The van der Waals surface area contributed by atoms with E-state index in [1.165, 1.54) is 19.3 Å². The van der Waals surface area contributed by atoms with Crippen LogP contribution in [-0.4, -0.2) is 22.3 Å². The van der Waals surface area contributed by atoms with Gasteiger partial charge in [-0.2, -0.15) is 5.10 Å². The van der Waals surface area contributed by atoms with Crippen LogP contribution in [0.4, 0.5) is 0 Å². The zero-order valence-corrected chi connectivity index (χ0v) is 14.6. The van der Waals surface area contributed by atoms with E-state index < -0.39 is 0 Å². The van der Waals surface area contributed by atoms with E-state index in [0.717, 1.165) is 34.3 Å². The maximum Gasteiger partial charge on any atom is 0.111 e. The smallest absolute Gasteiger partial charge is 0.111 e. The molecule has 2 rings (SSSR count). The summed E-state index contributed by atoms with van der Waals surface area (Å²) in [6.07, 6.45) is 4.90. The Morgan fingerprint density at radius 2 is 1.81 bits per heavy atom. The summed E-state index contributed by atoms with van der Waals surface area (Å²) >= 11 is 11.6. The van der Waals surface area contributed by atoms with Crippen LogP contribution in [0, 0.1) is 5.41 Å². The minimum Gasteiger partial charge on any atom is -0.258 e. The molecule has 0 saturated heterocycles. The monoisotopic (exact) mass is 322 g/mol. The highest BCUT2D eigenvalue weighted by molar-refractivity contribution is 7.80. The molecule has 0 atom stereocenters. The fourth-order valence-corrected chi connectivity index (χ4v) is 2.94. The molecule has 0 saturated carbocycles. The van der Waals surface area contributed by atoms with Crippen LogP contribution in [0.3, 0.4) is 0 Å². The summed E-state index contributed by atoms with van der Waals surface area (Å²) in [6.45, 7) is 7.43. The van der Waals surface area contributed by atoms with E-state index >= 15 is 0 Å². The minimum atomic E-state index is -0.200. The van der Waals surface area contributed by atoms with Crippen molar-refractivity contribution in [3.8, 4) is 0 Å². The molecule has 0 spiro atoms. The van der Waals surface area contributed by atoms with E-state index in [1.54, 1.807) is 0 Å². The summed E-state index contributed by atoms with van der Waals surface area (Å²) in [5.74, 6) is 0. The topological polar surface area (TPSA) is 15.6 Å². The Balaban J connectivity index is 2.15. The standard InChI is InChI=1S/C17H23ClN2S/c1-4-5-6-7-12-20-16(21)17(2,3)15(19-20)13-8-10-14(18)11-9-13/h8-11H,4-7,12H2,1-3H3. The quantitative estimate of drug-likeness (QED) is 0.522. The summed E-state index contributed by atoms with van der Waals surface area (Å²) in [4.78, 5) is 0.920. The number of hydrogen-bond acceptors (Lipinski definition) is 2. The van der Waals surface area contributed by atoms with Crippen molar-refractivity contribution in [2.45, 2.75) is 46.5 Å². The Kier molecular flexibility index (Phi) is 5.39. The van der Waals surface area contributed by atoms with Crippen molar-refractivity contribution in [2.75, 3.05) is 6.54 Å². The molecule has 0 N–H and O–H groups in total. The second kappa shape index (κ2) is 6.89. The Hall–Kier alpha value is -0.930. The Morgan fingerprint density at radius 1 is 1.14 bits per heavy atom. The zero-order valence-electron chi connectivity index (χ0n) is 13.0. The molecule has 1 aliphatic heterocycles. The van der Waals surface area contributed by atoms with Crippen LogP contribution >= 0.6 is 23.8 Å². The van der Waals surface area contributed by atoms with Crippen molar-refractivity contribution in [3.63, 3.8) is 0 Å². The van der Waals surface area contributed by atoms with E-state index in [1.807, 2.05) is 29.3 Å². The Labute approximate surface area is 138 Å². The Bertz CT molecular complexity index is 534. The van der Waals surface area contributed by atoms with Gasteiger partial charge in [-0.25, -0.2) is 0 Å². The van der Waals surface area contributed by atoms with Gasteiger partial charge in [-0.3, -0.25) is 5.01 Å². The highest BCUT2D eigenvalue weighted by Crippen LogP contribution is 2.33. The second-order valence-corrected chi connectivity index (χ2v) is 6.89. The van der Waals surface area contributed by atoms with Crippen molar-refractivity contribution in [1.82, 2.24) is 5.01 Å². The number of benzene rings is 1. The third-order valence-electron chi connectivity index (χ3n) is 3.92. The number of thiocarbonyl (C=S) groups is 1. The fourth-order valence-electron chi connectivity index (χ4n) is 2.58. The largest absolute Gasteiger partial charge is 0.258 e. The van der Waals surface area contributed by atoms with Gasteiger partial charge in [0.2, 0.25) is 0 Å². The van der Waals surface area contributed by atoms with Crippen LogP contribution in [0.2, 0.25) is 5.02 Å². The third-order valence-corrected chi connectivity index (χ3v) is 4.90. The van der Waals surface area contributed by atoms with Gasteiger partial charge in [0.05, 0.1) is 11.1 Å². The normalized spacial score (nSPS) is 17.2. The molecule has 1 aliphatic rings. The van der Waals surface area contributed by atoms with E-state index in [0.29, 0.717) is 0 Å². The lowest BCUT2D eigenvalue weighted by molar-refractivity contribution is 0.427. The Morgan fingerprint density at radius 3 is 2.43 bits per heavy atom. The van der Waals surface area contributed by atoms with E-state index in [-0.39, 0.29) is 5.41 Å². The lowest BCUT2D eigenvalue weighted by Crippen LogP contribution is -2.33. The van der Waals surface area contributed by atoms with Crippen LogP contribution in [-0.2, 0) is 0 Å². The predicted octanol–water partition coefficient (Wildman–Crippen LogP) is 5.29. The number of hydrogen-bond donors (Lipinski definition) is 0. The molecule has 0 unspecified atom stereocenters. The highest BCUT2D eigenvalue weighted by Gasteiger charge is 2.40. The molecule has 0 aromatic heterocycles. The van der Waals surface area contributed by atoms with Crippen LogP contribution in [0.15, 0.2) is 29.4 Å². The first kappa shape index (κ1) is 16.4. The molecule has 0 fully saturated rings. The molecule has 2 nitrogen and oxygen atoms in total. The average Bonchev–Trinajstić information content (AvgIpc) is 2.68. The average molecular weight is 323 g/mol. The molecule has 114 valence electrons. The second-order valence-electron chi connectivity index (χ2n) is 6.07. The summed E-state index contributed by atoms with van der Waals surface area (Å²) in [6, 6.07) is 7.85. The van der Waals surface area contributed by atoms with Gasteiger partial charge in [0.15, 0.2) is 0 Å². The van der Waals surface area contributed by atoms with Gasteiger partial charge in [0.1, 0.15) is 4.99 Å². The SMILES string of the molecule is CCCCCCN1N=C(c2ccc(Cl)cc2)C(C)(C)C1=S. The lowest BCUT2D eigenvalue weighted by atomic mass is 9.84. The first-order chi connectivity index (χ1) is 9.96. The molecular weight excluding hydrogens is 300 g/mol. The molecule has 1 aromatic carbocycles. The molecule has 0 amide bonds. The summed E-state index contributed by atoms with van der Waals surface area (Å²) < 4.78 is 0. The van der Waals surface area contributed by atoms with Crippen molar-refractivity contribution in [2.24, 2.45) is 10.5 Å². The number of rotatable bonds is 6. The number of nitrogens with zero attached hydrogens (tertiary/aromatic N) is 2. The lowest BCUT2D eigenvalue weighted by Gasteiger charge is -2.22. The maximum atomic E-state index is 5.97. The predicted molar refractivity (Wildman–Crippen MR) is 95.2 cm³/mol. The molecule has 0 bridgehead atoms. The van der Waals surface area contributed by atoms with Crippen LogP contribution < -0.4 is 0 Å². The van der Waals surface area contributed by atoms with E-state index in [4.69, 9.17) is 28.9 Å². The van der Waals surface area contributed by atoms with Crippen LogP contribution in [0.1, 0.15) is 52.0 Å². The molecule has 21 heavy (non-hydrogen) atoms. The summed E-state index contributed by atoms with van der Waals surface area (Å²) in [5, 5.41) is 7.54. The minimum absolute atomic E-state index is 0.200. The molecule has 4 heteroatoms. The van der Waals surface area contributed by atoms with Gasteiger partial charge in [0.25, 0.3) is 0 Å². The van der Waals surface area contributed by atoms with Gasteiger partial charge in [-0.1, -0.05) is 62.1 Å². The molecular formula is C17H23ClN2S. The first-order valence-electron chi connectivity index (χ1n) is 7.64. The number of hydrazone groups is 1. The fraction of sp³-hybridized carbons (Fsp3) is 0.529. The van der Waals surface area contributed by atoms with Crippen LogP contribution in [0.5, 0.6) is 0 Å². The summed E-state index contributed by atoms with van der Waals surface area (Å²) in [7, 11) is 0. The summed E-state index contributed by atoms with van der Waals surface area (Å²) in [5.41, 5.74) is 1.94. The van der Waals surface area contributed by atoms with Crippen LogP contribution in [0.25, 0.3) is 0 Å². The highest BCUT2D eigenvalue weighted by atomic mass is 35.5. The maximum absolute atomic E-state index is 5.97. The van der Waals surface area contributed by atoms with Gasteiger partial charge in [-0.15, -0.1) is 0 Å². The van der Waals surface area contributed by atoms with E-state index in [9.17, 15) is 0 Å². The third kappa shape index (κ3) is 3.64. The number of halogens is 1. The van der Waals surface area contributed by atoms with Crippen molar-refractivity contribution in [1.29, 1.82) is 0 Å². The zero-order chi connectivity index (χ0) is 15.5. The molecule has 1 heterocycles. The molecule has 1 aromatic rings. The van der Waals surface area contributed by atoms with Gasteiger partial charge in [0, 0.05) is 11.6 Å². The van der Waals surface area contributed by atoms with Crippen molar-refractivity contribution < 1.29 is 0 Å². The van der Waals surface area contributed by atoms with E-state index in [2.05, 4.69) is 20.8 Å². The van der Waals surface area contributed by atoms with Crippen molar-refractivity contribution >= 4 is 34.5 Å². The molecule has 0 radical (unpaired) electrons. The van der Waals surface area contributed by atoms with Gasteiger partial charge >= 0.3 is 0 Å². The van der Waals surface area contributed by atoms with Gasteiger partial charge in [-0.05, 0) is 38.0 Å².